The molecule has 0 spiro atoms. The third-order valence-electron chi connectivity index (χ3n) is 7.48. The number of piperidine rings is 1. The third-order valence-corrected chi connectivity index (χ3v) is 7.73. The summed E-state index contributed by atoms with van der Waals surface area (Å²) in [5.74, 6) is 0.754. The van der Waals surface area contributed by atoms with Gasteiger partial charge in [-0.1, -0.05) is 37.6 Å². The molecule has 0 saturated carbocycles. The highest BCUT2D eigenvalue weighted by atomic mass is 35.5. The van der Waals surface area contributed by atoms with E-state index in [1.165, 1.54) is 5.56 Å². The maximum absolute atomic E-state index is 11.2. The number of carboxylic acids is 1. The van der Waals surface area contributed by atoms with Crippen molar-refractivity contribution in [3.05, 3.63) is 34.9 Å². The van der Waals surface area contributed by atoms with E-state index in [-0.39, 0.29) is 12.1 Å². The summed E-state index contributed by atoms with van der Waals surface area (Å²) in [6.45, 7) is 8.48. The van der Waals surface area contributed by atoms with Gasteiger partial charge in [0.05, 0.1) is 24.7 Å². The summed E-state index contributed by atoms with van der Waals surface area (Å²) in [4.78, 5) is 13.9. The molecular weight excluding hydrogens is 482 g/mol. The molecule has 0 unspecified atom stereocenters. The van der Waals surface area contributed by atoms with Gasteiger partial charge in [0.2, 0.25) is 0 Å². The Morgan fingerprint density at radius 3 is 2.33 bits per heavy atom. The Balaban J connectivity index is 0.000000840. The monoisotopic (exact) mass is 521 g/mol. The maximum atomic E-state index is 11.2. The first kappa shape index (κ1) is 28.4. The van der Waals surface area contributed by atoms with Crippen molar-refractivity contribution < 1.29 is 19.7 Å². The molecule has 3 aliphatic heterocycles. The largest absolute Gasteiger partial charge is 0.481 e. The Bertz CT molecular complexity index is 923. The summed E-state index contributed by atoms with van der Waals surface area (Å²) in [5.41, 5.74) is 6.30. The Morgan fingerprint density at radius 1 is 1.19 bits per heavy atom. The molecule has 36 heavy (non-hydrogen) atoms. The molecule has 1 aromatic carbocycles. The summed E-state index contributed by atoms with van der Waals surface area (Å²) in [6.07, 6.45) is 4.91. The van der Waals surface area contributed by atoms with Crippen LogP contribution in [0.1, 0.15) is 58.4 Å². The second kappa shape index (κ2) is 12.9. The highest BCUT2D eigenvalue weighted by Crippen LogP contribution is 2.31. The van der Waals surface area contributed by atoms with Crippen molar-refractivity contribution in [2.45, 2.75) is 83.1 Å². The zero-order valence-corrected chi connectivity index (χ0v) is 22.3. The first-order chi connectivity index (χ1) is 17.1. The van der Waals surface area contributed by atoms with Gasteiger partial charge in [-0.05, 0) is 49.8 Å². The van der Waals surface area contributed by atoms with Crippen LogP contribution in [0.25, 0.3) is 0 Å². The lowest BCUT2D eigenvalue weighted by Gasteiger charge is -2.50. The number of carboxylic acid groups (broad SMARTS) is 1. The highest BCUT2D eigenvalue weighted by Gasteiger charge is 2.43. The molecule has 0 aromatic heterocycles. The predicted octanol–water partition coefficient (Wildman–Crippen LogP) is 3.13. The first-order valence-corrected chi connectivity index (χ1v) is 13.2. The number of aliphatic hydroxyl groups is 1. The Hall–Kier alpha value is -2.20. The minimum absolute atomic E-state index is 0.163. The topological polar surface area (TPSA) is 124 Å². The molecule has 4 N–H and O–H groups in total. The number of ether oxygens (including phenoxy) is 1. The van der Waals surface area contributed by atoms with Gasteiger partial charge in [0, 0.05) is 43.7 Å². The van der Waals surface area contributed by atoms with Crippen LogP contribution in [0.3, 0.4) is 0 Å². The van der Waals surface area contributed by atoms with E-state index in [9.17, 15) is 5.11 Å². The number of morpholine rings is 1. The number of nitrogens with zero attached hydrogens (tertiary/aromatic N) is 4. The van der Waals surface area contributed by atoms with Gasteiger partial charge in [0.1, 0.15) is 11.7 Å². The fourth-order valence-corrected chi connectivity index (χ4v) is 5.37. The SMILES string of the molecule is CC(=O)O.CCC(O)(CC)[C@H]1CN(C2CCN(C3=NN=C(N)C3)CC2)[C@@H](Cc2ccc(Cl)cc2)CO1. The molecule has 0 bridgehead atoms. The fourth-order valence-electron chi connectivity index (χ4n) is 5.25. The molecule has 3 aliphatic rings. The van der Waals surface area contributed by atoms with E-state index in [4.69, 9.17) is 32.0 Å². The van der Waals surface area contributed by atoms with Gasteiger partial charge >= 0.3 is 0 Å². The van der Waals surface area contributed by atoms with Crippen LogP contribution in [0, 0.1) is 0 Å². The van der Waals surface area contributed by atoms with Crippen molar-refractivity contribution in [2.75, 3.05) is 26.2 Å². The molecular formula is C26H40ClN5O4. The lowest BCUT2D eigenvalue weighted by Crippen LogP contribution is -2.62. The summed E-state index contributed by atoms with van der Waals surface area (Å²) in [7, 11) is 0. The molecule has 1 aromatic rings. The van der Waals surface area contributed by atoms with Crippen LogP contribution in [0.4, 0.5) is 0 Å². The Kier molecular flexibility index (Phi) is 10.1. The predicted molar refractivity (Wildman–Crippen MR) is 143 cm³/mol. The molecule has 4 rings (SSSR count). The summed E-state index contributed by atoms with van der Waals surface area (Å²) in [6, 6.07) is 8.85. The number of hydrogen-bond acceptors (Lipinski definition) is 8. The summed E-state index contributed by atoms with van der Waals surface area (Å²) < 4.78 is 6.29. The Labute approximate surface area is 219 Å². The standard InChI is InChI=1S/C24H36ClN5O2.C2H4O2/c1-3-24(31,4-2)21-15-30(20(16-32-21)13-17-5-7-18(25)8-6-17)19-9-11-29(12-10-19)23-14-22(26)27-28-23;1-2(3)4/h5-8,19-21,31H,3-4,9-16H2,1-2H3,(H2,26,27);1H3,(H,3,4)/t20-,21+;/m0./s1. The number of nitrogens with two attached hydrogens (primary N) is 1. The minimum Gasteiger partial charge on any atom is -0.481 e. The molecule has 3 heterocycles. The van der Waals surface area contributed by atoms with Crippen molar-refractivity contribution in [3.8, 4) is 0 Å². The highest BCUT2D eigenvalue weighted by molar-refractivity contribution is 6.30. The van der Waals surface area contributed by atoms with Gasteiger partial charge in [-0.15, -0.1) is 10.2 Å². The second-order valence-corrected chi connectivity index (χ2v) is 10.3. The molecule has 200 valence electrons. The van der Waals surface area contributed by atoms with Crippen molar-refractivity contribution in [1.29, 1.82) is 0 Å². The molecule has 0 amide bonds. The van der Waals surface area contributed by atoms with E-state index in [1.54, 1.807) is 0 Å². The number of benzene rings is 1. The van der Waals surface area contributed by atoms with Crippen molar-refractivity contribution >= 4 is 29.2 Å². The van der Waals surface area contributed by atoms with Crippen molar-refractivity contribution in [3.63, 3.8) is 0 Å². The molecule has 2 fully saturated rings. The normalized spacial score (nSPS) is 23.5. The lowest BCUT2D eigenvalue weighted by atomic mass is 9.87. The smallest absolute Gasteiger partial charge is 0.300 e. The van der Waals surface area contributed by atoms with Crippen LogP contribution in [0.5, 0.6) is 0 Å². The van der Waals surface area contributed by atoms with E-state index in [0.29, 0.717) is 37.7 Å². The van der Waals surface area contributed by atoms with Gasteiger partial charge in [0.15, 0.2) is 0 Å². The quantitative estimate of drug-likeness (QED) is 0.525. The maximum Gasteiger partial charge on any atom is 0.300 e. The van der Waals surface area contributed by atoms with Crippen molar-refractivity contribution in [1.82, 2.24) is 9.80 Å². The second-order valence-electron chi connectivity index (χ2n) is 9.84. The van der Waals surface area contributed by atoms with Crippen LogP contribution in [0.15, 0.2) is 34.5 Å². The third kappa shape index (κ3) is 7.41. The Morgan fingerprint density at radius 2 is 1.81 bits per heavy atom. The average molecular weight is 522 g/mol. The van der Waals surface area contributed by atoms with Gasteiger partial charge in [-0.3, -0.25) is 9.69 Å². The number of aliphatic carboxylic acids is 1. The molecule has 0 radical (unpaired) electrons. The van der Waals surface area contributed by atoms with Crippen LogP contribution in [-0.4, -0.2) is 87.7 Å². The average Bonchev–Trinajstić information content (AvgIpc) is 3.31. The molecule has 2 atom stereocenters. The van der Waals surface area contributed by atoms with E-state index in [1.807, 2.05) is 26.0 Å². The molecule has 9 nitrogen and oxygen atoms in total. The lowest BCUT2D eigenvalue weighted by molar-refractivity contribution is -0.170. The number of amidine groups is 2. The molecule has 10 heteroatoms. The van der Waals surface area contributed by atoms with E-state index in [0.717, 1.165) is 56.7 Å². The van der Waals surface area contributed by atoms with Gasteiger partial charge in [-0.25, -0.2) is 0 Å². The van der Waals surface area contributed by atoms with Crippen LogP contribution >= 0.6 is 11.6 Å². The molecule has 2 saturated heterocycles. The first-order valence-electron chi connectivity index (χ1n) is 12.8. The van der Waals surface area contributed by atoms with E-state index < -0.39 is 11.6 Å². The zero-order valence-electron chi connectivity index (χ0n) is 21.6. The number of likely N-dealkylation sites (tertiary alicyclic amines) is 1. The zero-order chi connectivity index (χ0) is 26.3. The number of rotatable bonds is 6. The van der Waals surface area contributed by atoms with Gasteiger partial charge in [-0.2, -0.15) is 0 Å². The molecule has 0 aliphatic carbocycles. The van der Waals surface area contributed by atoms with E-state index in [2.05, 4.69) is 32.1 Å². The van der Waals surface area contributed by atoms with Crippen LogP contribution in [-0.2, 0) is 16.0 Å². The minimum atomic E-state index is -0.833. The van der Waals surface area contributed by atoms with Crippen LogP contribution < -0.4 is 5.73 Å². The summed E-state index contributed by atoms with van der Waals surface area (Å²) >= 11 is 6.09. The van der Waals surface area contributed by atoms with Gasteiger partial charge in [0.25, 0.3) is 5.97 Å². The van der Waals surface area contributed by atoms with Gasteiger partial charge < -0.3 is 25.6 Å². The number of halogens is 1. The van der Waals surface area contributed by atoms with E-state index >= 15 is 0 Å². The fraction of sp³-hybridized carbons (Fsp3) is 0.654. The summed E-state index contributed by atoms with van der Waals surface area (Å²) in [5, 5.41) is 27.6. The number of carbonyl (C=O) groups is 1. The van der Waals surface area contributed by atoms with Crippen LogP contribution in [0.2, 0.25) is 5.02 Å². The number of hydrogen-bond donors (Lipinski definition) is 3. The van der Waals surface area contributed by atoms with Crippen molar-refractivity contribution in [2.24, 2.45) is 15.9 Å².